The molecule has 2 aliphatic carbocycles. The van der Waals surface area contributed by atoms with Crippen LogP contribution >= 0.6 is 0 Å². The third kappa shape index (κ3) is 0.990. The Labute approximate surface area is 77.8 Å². The van der Waals surface area contributed by atoms with E-state index in [2.05, 4.69) is 5.32 Å². The predicted molar refractivity (Wildman–Crippen MR) is 47.3 cm³/mol. The maximum Gasteiger partial charge on any atom is 0.408 e. The molecule has 0 radical (unpaired) electrons. The Morgan fingerprint density at radius 2 is 2.31 bits per heavy atom. The zero-order valence-corrected chi connectivity index (χ0v) is 7.71. The van der Waals surface area contributed by atoms with Crippen LogP contribution in [0.25, 0.3) is 0 Å². The lowest BCUT2D eigenvalue weighted by molar-refractivity contribution is 0.0315. The molecule has 72 valence electrons. The van der Waals surface area contributed by atoms with Crippen LogP contribution in [0.15, 0.2) is 0 Å². The van der Waals surface area contributed by atoms with Crippen molar-refractivity contribution in [1.29, 1.82) is 0 Å². The van der Waals surface area contributed by atoms with Crippen molar-refractivity contribution in [2.75, 3.05) is 0 Å². The fourth-order valence-corrected chi connectivity index (χ4v) is 3.36. The van der Waals surface area contributed by atoms with E-state index in [-0.39, 0.29) is 17.7 Å². The van der Waals surface area contributed by atoms with Crippen LogP contribution in [0.3, 0.4) is 0 Å². The van der Waals surface area contributed by atoms with Crippen molar-refractivity contribution in [1.82, 2.24) is 5.32 Å². The number of carbonyl (C=O) groups excluding carboxylic acids is 1. The maximum atomic E-state index is 11.2. The van der Waals surface area contributed by atoms with Gasteiger partial charge in [0.25, 0.3) is 0 Å². The minimum Gasteiger partial charge on any atom is -0.444 e. The van der Waals surface area contributed by atoms with Gasteiger partial charge in [0.05, 0.1) is 5.54 Å². The van der Waals surface area contributed by atoms with Crippen LogP contribution < -0.4 is 5.32 Å². The Morgan fingerprint density at radius 3 is 3.23 bits per heavy atom. The van der Waals surface area contributed by atoms with Gasteiger partial charge in [0.1, 0.15) is 6.10 Å². The van der Waals surface area contributed by atoms with Gasteiger partial charge in [-0.3, -0.25) is 0 Å². The maximum absolute atomic E-state index is 11.2. The number of rotatable bonds is 0. The Morgan fingerprint density at radius 1 is 1.38 bits per heavy atom. The minimum atomic E-state index is -0.187. The highest BCUT2D eigenvalue weighted by Crippen LogP contribution is 2.46. The minimum absolute atomic E-state index is 0.0399. The summed E-state index contributed by atoms with van der Waals surface area (Å²) < 4.78 is 5.29. The summed E-state index contributed by atoms with van der Waals surface area (Å²) in [6, 6.07) is 0. The van der Waals surface area contributed by atoms with E-state index in [1.807, 2.05) is 0 Å². The highest BCUT2D eigenvalue weighted by molar-refractivity contribution is 5.71. The summed E-state index contributed by atoms with van der Waals surface area (Å²) in [6.07, 6.45) is 7.20. The first kappa shape index (κ1) is 7.65. The largest absolute Gasteiger partial charge is 0.444 e. The van der Waals surface area contributed by atoms with E-state index in [0.29, 0.717) is 0 Å². The van der Waals surface area contributed by atoms with Gasteiger partial charge < -0.3 is 10.1 Å². The van der Waals surface area contributed by atoms with E-state index in [0.717, 1.165) is 25.2 Å². The van der Waals surface area contributed by atoms with Crippen molar-refractivity contribution in [2.45, 2.75) is 50.2 Å². The van der Waals surface area contributed by atoms with Gasteiger partial charge >= 0.3 is 6.09 Å². The Bertz CT molecular complexity index is 253. The summed E-state index contributed by atoms with van der Waals surface area (Å²) in [5.41, 5.74) is 0.0399. The second kappa shape index (κ2) is 2.40. The third-order valence-electron chi connectivity index (χ3n) is 3.94. The zero-order valence-electron chi connectivity index (χ0n) is 7.71. The van der Waals surface area contributed by atoms with Crippen LogP contribution in [0.4, 0.5) is 4.79 Å². The molecule has 0 aromatic rings. The molecule has 1 saturated heterocycles. The third-order valence-corrected chi connectivity index (χ3v) is 3.94. The molecule has 3 rings (SSSR count). The van der Waals surface area contributed by atoms with Gasteiger partial charge in [-0.25, -0.2) is 4.79 Å². The summed E-state index contributed by atoms with van der Waals surface area (Å²) in [6.45, 7) is 0. The molecule has 13 heavy (non-hydrogen) atoms. The number of hydrogen-bond donors (Lipinski definition) is 1. The van der Waals surface area contributed by atoms with E-state index >= 15 is 0 Å². The zero-order chi connectivity index (χ0) is 8.89. The van der Waals surface area contributed by atoms with Gasteiger partial charge in [-0.05, 0) is 31.6 Å². The Hall–Kier alpha value is -0.730. The van der Waals surface area contributed by atoms with E-state index in [9.17, 15) is 4.79 Å². The molecular weight excluding hydrogens is 166 g/mol. The van der Waals surface area contributed by atoms with Crippen LogP contribution in [-0.2, 0) is 4.74 Å². The van der Waals surface area contributed by atoms with Gasteiger partial charge in [-0.15, -0.1) is 0 Å². The first-order valence-electron chi connectivity index (χ1n) is 5.27. The number of fused-ring (bicyclic) bond motifs is 1. The van der Waals surface area contributed by atoms with Crippen molar-refractivity contribution in [3.63, 3.8) is 0 Å². The second-order valence-electron chi connectivity index (χ2n) is 4.71. The molecule has 0 aromatic heterocycles. The summed E-state index contributed by atoms with van der Waals surface area (Å²) in [5, 5.41) is 3.04. The molecule has 0 aromatic carbocycles. The van der Waals surface area contributed by atoms with Gasteiger partial charge in [0.15, 0.2) is 0 Å². The average molecular weight is 181 g/mol. The lowest BCUT2D eigenvalue weighted by Crippen LogP contribution is -2.54. The summed E-state index contributed by atoms with van der Waals surface area (Å²) in [7, 11) is 0. The normalized spacial score (nSPS) is 47.8. The Balaban J connectivity index is 1.91. The molecule has 3 unspecified atom stereocenters. The van der Waals surface area contributed by atoms with Crippen LogP contribution in [0.1, 0.15) is 38.5 Å². The highest BCUT2D eigenvalue weighted by Gasteiger charge is 2.53. The van der Waals surface area contributed by atoms with Crippen molar-refractivity contribution in [3.05, 3.63) is 0 Å². The molecule has 2 saturated carbocycles. The standard InChI is InChI=1S/C10H15NO2/c12-9-11-10-5-1-2-7(6-10)3-4-8(10)13-9/h7-8H,1-6H2,(H,11,12). The van der Waals surface area contributed by atoms with E-state index < -0.39 is 0 Å². The summed E-state index contributed by atoms with van der Waals surface area (Å²) in [4.78, 5) is 11.2. The summed E-state index contributed by atoms with van der Waals surface area (Å²) in [5.74, 6) is 0.840. The lowest BCUT2D eigenvalue weighted by atomic mass is 9.66. The number of alkyl carbamates (subject to hydrolysis) is 1. The molecule has 3 nitrogen and oxygen atoms in total. The molecule has 1 N–H and O–H groups in total. The second-order valence-corrected chi connectivity index (χ2v) is 4.71. The topological polar surface area (TPSA) is 38.3 Å². The SMILES string of the molecule is O=C1NC23CCCC(CCC2O1)C3. The molecule has 3 aliphatic rings. The first-order valence-corrected chi connectivity index (χ1v) is 5.27. The number of carbonyl (C=O) groups is 1. The molecular formula is C10H15NO2. The fraction of sp³-hybridized carbons (Fsp3) is 0.900. The average Bonchev–Trinajstić information content (AvgIpc) is 2.39. The van der Waals surface area contributed by atoms with Crippen LogP contribution in [-0.4, -0.2) is 17.7 Å². The van der Waals surface area contributed by atoms with Gasteiger partial charge in [0.2, 0.25) is 0 Å². The molecule has 1 aliphatic heterocycles. The number of nitrogens with one attached hydrogen (secondary N) is 1. The van der Waals surface area contributed by atoms with Crippen LogP contribution in [0.5, 0.6) is 0 Å². The fourth-order valence-electron chi connectivity index (χ4n) is 3.36. The summed E-state index contributed by atoms with van der Waals surface area (Å²) >= 11 is 0. The van der Waals surface area contributed by atoms with Crippen molar-refractivity contribution in [2.24, 2.45) is 5.92 Å². The molecule has 3 atom stereocenters. The number of hydrogen-bond acceptors (Lipinski definition) is 2. The van der Waals surface area contributed by atoms with Gasteiger partial charge in [-0.2, -0.15) is 0 Å². The van der Waals surface area contributed by atoms with Crippen molar-refractivity contribution < 1.29 is 9.53 Å². The van der Waals surface area contributed by atoms with E-state index in [1.165, 1.54) is 19.3 Å². The quantitative estimate of drug-likeness (QED) is 0.619. The van der Waals surface area contributed by atoms with Crippen molar-refractivity contribution >= 4 is 6.09 Å². The molecule has 2 bridgehead atoms. The monoisotopic (exact) mass is 181 g/mol. The number of ether oxygens (including phenoxy) is 1. The van der Waals surface area contributed by atoms with Gasteiger partial charge in [0, 0.05) is 0 Å². The lowest BCUT2D eigenvalue weighted by Gasteiger charge is -2.44. The molecule has 3 fully saturated rings. The van der Waals surface area contributed by atoms with Crippen LogP contribution in [0.2, 0.25) is 0 Å². The van der Waals surface area contributed by atoms with E-state index in [1.54, 1.807) is 0 Å². The molecule has 1 spiro atoms. The molecule has 3 heteroatoms. The highest BCUT2D eigenvalue weighted by atomic mass is 16.6. The first-order chi connectivity index (χ1) is 6.28. The van der Waals surface area contributed by atoms with E-state index in [4.69, 9.17) is 4.74 Å². The number of amides is 1. The van der Waals surface area contributed by atoms with Gasteiger partial charge in [-0.1, -0.05) is 12.8 Å². The molecule has 1 heterocycles. The van der Waals surface area contributed by atoms with Crippen LogP contribution in [0, 0.1) is 5.92 Å². The Kier molecular flexibility index (Phi) is 1.41. The predicted octanol–water partition coefficient (Wildman–Crippen LogP) is 1.82. The van der Waals surface area contributed by atoms with Crippen molar-refractivity contribution in [3.8, 4) is 0 Å². The molecule has 1 amide bonds. The smallest absolute Gasteiger partial charge is 0.408 e.